The Morgan fingerprint density at radius 3 is 2.77 bits per heavy atom. The molecule has 2 heterocycles. The third-order valence-corrected chi connectivity index (χ3v) is 8.99. The standard InChI is InChI=1S/C20H26ClFN4O2S2/c1-26(13-10-23-11-13)18-5-3-2-4-16(18)25-17-9-15(22)19(8-14(17)21)30(27,28)12-20-24-6-7-29-20/h6-9,13,16,18,23,25H,2-5,10-12H2,1H3/t16-,18-/m0/s1. The number of nitrogens with one attached hydrogen (secondary N) is 2. The number of benzene rings is 1. The van der Waals surface area contributed by atoms with E-state index in [2.05, 4.69) is 27.6 Å². The molecule has 1 saturated carbocycles. The summed E-state index contributed by atoms with van der Waals surface area (Å²) in [6.07, 6.45) is 5.85. The summed E-state index contributed by atoms with van der Waals surface area (Å²) in [7, 11) is -1.73. The first kappa shape index (κ1) is 22.0. The lowest BCUT2D eigenvalue weighted by Gasteiger charge is -2.45. The van der Waals surface area contributed by atoms with E-state index < -0.39 is 15.7 Å². The van der Waals surface area contributed by atoms with Gasteiger partial charge in [0.2, 0.25) is 0 Å². The van der Waals surface area contributed by atoms with Gasteiger partial charge in [-0.15, -0.1) is 11.3 Å². The summed E-state index contributed by atoms with van der Waals surface area (Å²) >= 11 is 7.63. The second-order valence-electron chi connectivity index (χ2n) is 8.03. The summed E-state index contributed by atoms with van der Waals surface area (Å²) in [5, 5.41) is 9.04. The van der Waals surface area contributed by atoms with E-state index in [9.17, 15) is 12.8 Å². The highest BCUT2D eigenvalue weighted by Gasteiger charge is 2.34. The van der Waals surface area contributed by atoms with Crippen LogP contribution in [0.25, 0.3) is 0 Å². The number of halogens is 2. The van der Waals surface area contributed by atoms with Crippen molar-refractivity contribution < 1.29 is 12.8 Å². The minimum absolute atomic E-state index is 0.138. The van der Waals surface area contributed by atoms with E-state index in [1.165, 1.54) is 36.1 Å². The van der Waals surface area contributed by atoms with Gasteiger partial charge < -0.3 is 10.6 Å². The van der Waals surface area contributed by atoms with Crippen LogP contribution in [0, 0.1) is 5.82 Å². The van der Waals surface area contributed by atoms with Crippen molar-refractivity contribution in [2.45, 2.75) is 54.5 Å². The van der Waals surface area contributed by atoms with Gasteiger partial charge in [-0.25, -0.2) is 17.8 Å². The molecule has 0 bridgehead atoms. The average Bonchev–Trinajstić information content (AvgIpc) is 3.15. The lowest BCUT2D eigenvalue weighted by Crippen LogP contribution is -2.61. The zero-order valence-corrected chi connectivity index (χ0v) is 19.2. The highest BCUT2D eigenvalue weighted by atomic mass is 35.5. The van der Waals surface area contributed by atoms with Crippen molar-refractivity contribution in [2.24, 2.45) is 0 Å². The molecular formula is C20H26ClFN4O2S2. The number of hydrogen-bond donors (Lipinski definition) is 2. The first-order valence-corrected chi connectivity index (χ1v) is 13.1. The van der Waals surface area contributed by atoms with Crippen molar-refractivity contribution in [1.29, 1.82) is 0 Å². The second-order valence-corrected chi connectivity index (χ2v) is 11.4. The lowest BCUT2D eigenvalue weighted by molar-refractivity contribution is 0.0944. The molecule has 1 aliphatic heterocycles. The largest absolute Gasteiger partial charge is 0.379 e. The summed E-state index contributed by atoms with van der Waals surface area (Å²) in [5.41, 5.74) is 0.444. The van der Waals surface area contributed by atoms with Gasteiger partial charge in [0, 0.05) is 42.8 Å². The molecule has 10 heteroatoms. The van der Waals surface area contributed by atoms with Crippen LogP contribution in [0.2, 0.25) is 5.02 Å². The fourth-order valence-electron chi connectivity index (χ4n) is 4.24. The highest BCUT2D eigenvalue weighted by Crippen LogP contribution is 2.33. The van der Waals surface area contributed by atoms with Crippen LogP contribution in [0.3, 0.4) is 0 Å². The first-order chi connectivity index (χ1) is 14.3. The molecule has 4 rings (SSSR count). The second kappa shape index (κ2) is 9.08. The third-order valence-electron chi connectivity index (χ3n) is 6.08. The molecule has 2 aliphatic rings. The van der Waals surface area contributed by atoms with Crippen LogP contribution >= 0.6 is 22.9 Å². The van der Waals surface area contributed by atoms with E-state index in [0.717, 1.165) is 32.4 Å². The Bertz CT molecular complexity index is 983. The predicted octanol–water partition coefficient (Wildman–Crippen LogP) is 3.54. The molecule has 0 spiro atoms. The fraction of sp³-hybridized carbons (Fsp3) is 0.550. The van der Waals surface area contributed by atoms with Gasteiger partial charge in [0.05, 0.1) is 10.7 Å². The Morgan fingerprint density at radius 1 is 1.33 bits per heavy atom. The third kappa shape index (κ3) is 4.65. The Kier molecular flexibility index (Phi) is 6.64. The maximum Gasteiger partial charge on any atom is 0.187 e. The maximum absolute atomic E-state index is 14.8. The number of nitrogens with zero attached hydrogens (tertiary/aromatic N) is 2. The summed E-state index contributed by atoms with van der Waals surface area (Å²) in [6.45, 7) is 1.97. The van der Waals surface area contributed by atoms with Crippen molar-refractivity contribution in [3.8, 4) is 0 Å². The lowest BCUT2D eigenvalue weighted by atomic mass is 9.88. The van der Waals surface area contributed by atoms with Crippen LogP contribution in [-0.4, -0.2) is 56.6 Å². The van der Waals surface area contributed by atoms with Crippen LogP contribution in [0.1, 0.15) is 30.7 Å². The van der Waals surface area contributed by atoms with Gasteiger partial charge in [-0.1, -0.05) is 24.4 Å². The number of anilines is 1. The van der Waals surface area contributed by atoms with Gasteiger partial charge in [0.1, 0.15) is 21.5 Å². The topological polar surface area (TPSA) is 74.3 Å². The van der Waals surface area contributed by atoms with Crippen LogP contribution in [-0.2, 0) is 15.6 Å². The number of thiazole rings is 1. The van der Waals surface area contributed by atoms with Gasteiger partial charge in [-0.2, -0.15) is 0 Å². The summed E-state index contributed by atoms with van der Waals surface area (Å²) < 4.78 is 40.2. The molecule has 1 aromatic heterocycles. The van der Waals surface area contributed by atoms with Crippen LogP contribution < -0.4 is 10.6 Å². The van der Waals surface area contributed by atoms with Gasteiger partial charge in [-0.3, -0.25) is 4.90 Å². The predicted molar refractivity (Wildman–Crippen MR) is 119 cm³/mol. The van der Waals surface area contributed by atoms with E-state index in [-0.39, 0.29) is 21.7 Å². The number of sulfone groups is 1. The van der Waals surface area contributed by atoms with E-state index in [1.54, 1.807) is 5.38 Å². The fourth-order valence-corrected chi connectivity index (χ4v) is 6.87. The molecule has 2 fully saturated rings. The van der Waals surface area contributed by atoms with Crippen molar-refractivity contribution in [1.82, 2.24) is 15.2 Å². The molecule has 1 saturated heterocycles. The summed E-state index contributed by atoms with van der Waals surface area (Å²) in [6, 6.07) is 3.42. The molecule has 0 unspecified atom stereocenters. The number of rotatable bonds is 7. The normalized spacial score (nSPS) is 22.8. The smallest absolute Gasteiger partial charge is 0.187 e. The molecule has 1 aliphatic carbocycles. The van der Waals surface area contributed by atoms with Crippen molar-refractivity contribution >= 4 is 38.5 Å². The van der Waals surface area contributed by atoms with Crippen LogP contribution in [0.4, 0.5) is 10.1 Å². The molecule has 6 nitrogen and oxygen atoms in total. The van der Waals surface area contributed by atoms with Crippen molar-refractivity contribution in [3.63, 3.8) is 0 Å². The minimum atomic E-state index is -3.87. The quantitative estimate of drug-likeness (QED) is 0.642. The minimum Gasteiger partial charge on any atom is -0.379 e. The average molecular weight is 473 g/mol. The van der Waals surface area contributed by atoms with Crippen molar-refractivity contribution in [3.05, 3.63) is 39.6 Å². The van der Waals surface area contributed by atoms with Crippen molar-refractivity contribution in [2.75, 3.05) is 25.5 Å². The Labute approximate surface area is 185 Å². The molecule has 2 N–H and O–H groups in total. The molecule has 30 heavy (non-hydrogen) atoms. The van der Waals surface area contributed by atoms with Crippen LogP contribution in [0.5, 0.6) is 0 Å². The highest BCUT2D eigenvalue weighted by molar-refractivity contribution is 7.90. The van der Waals surface area contributed by atoms with E-state index in [0.29, 0.717) is 22.8 Å². The van der Waals surface area contributed by atoms with Crippen LogP contribution in [0.15, 0.2) is 28.6 Å². The molecular weight excluding hydrogens is 447 g/mol. The number of hydrogen-bond acceptors (Lipinski definition) is 7. The van der Waals surface area contributed by atoms with Gasteiger partial charge in [0.15, 0.2) is 9.84 Å². The first-order valence-electron chi connectivity index (χ1n) is 10.1. The maximum atomic E-state index is 14.8. The summed E-state index contributed by atoms with van der Waals surface area (Å²) in [4.78, 5) is 6.01. The molecule has 2 aromatic rings. The zero-order chi connectivity index (χ0) is 21.3. The zero-order valence-electron chi connectivity index (χ0n) is 16.8. The van der Waals surface area contributed by atoms with Gasteiger partial charge in [-0.05, 0) is 32.0 Å². The number of likely N-dealkylation sites (N-methyl/N-ethyl adjacent to an activating group) is 1. The molecule has 1 aromatic carbocycles. The molecule has 2 atom stereocenters. The van der Waals surface area contributed by atoms with E-state index in [4.69, 9.17) is 11.6 Å². The van der Waals surface area contributed by atoms with E-state index in [1.807, 2.05) is 0 Å². The van der Waals surface area contributed by atoms with Gasteiger partial charge in [0.25, 0.3) is 0 Å². The summed E-state index contributed by atoms with van der Waals surface area (Å²) in [5.74, 6) is -1.13. The molecule has 164 valence electrons. The van der Waals surface area contributed by atoms with Gasteiger partial charge >= 0.3 is 0 Å². The molecule has 0 radical (unpaired) electrons. The Hall–Kier alpha value is -1.26. The SMILES string of the molecule is CN(C1CNC1)[C@H]1CCCC[C@@H]1Nc1cc(F)c(S(=O)(=O)Cc2nccs2)cc1Cl. The monoisotopic (exact) mass is 472 g/mol. The Balaban J connectivity index is 1.54. The Morgan fingerprint density at radius 2 is 2.10 bits per heavy atom. The number of aromatic nitrogens is 1. The molecule has 0 amide bonds. The van der Waals surface area contributed by atoms with E-state index >= 15 is 0 Å².